The third kappa shape index (κ3) is 6.90. The molecule has 0 N–H and O–H groups in total. The summed E-state index contributed by atoms with van der Waals surface area (Å²) in [5, 5.41) is 0. The summed E-state index contributed by atoms with van der Waals surface area (Å²) < 4.78 is 22.7. The molecule has 0 aromatic heterocycles. The predicted molar refractivity (Wildman–Crippen MR) is 103 cm³/mol. The number of ether oxygens (including phenoxy) is 4. The summed E-state index contributed by atoms with van der Waals surface area (Å²) in [5.41, 5.74) is 1.92. The fraction of sp³-hybridized carbons (Fsp3) is 0.300. The Labute approximate surface area is 157 Å². The highest BCUT2D eigenvalue weighted by Crippen LogP contribution is 2.25. The molecule has 1 radical (unpaired) electrons. The SMILES string of the molecule is CCOCOc1cc(/C=C/c2[c]cccc2Br)cc(OCOCC)c1. The average Bonchev–Trinajstić information content (AvgIpc) is 2.61. The summed E-state index contributed by atoms with van der Waals surface area (Å²) in [6, 6.07) is 14.7. The smallest absolute Gasteiger partial charge is 0.189 e. The number of benzene rings is 2. The summed E-state index contributed by atoms with van der Waals surface area (Å²) in [6.45, 7) is 5.45. The van der Waals surface area contributed by atoms with Gasteiger partial charge >= 0.3 is 0 Å². The summed E-state index contributed by atoms with van der Waals surface area (Å²) >= 11 is 3.52. The van der Waals surface area contributed by atoms with Crippen LogP contribution >= 0.6 is 15.9 Å². The largest absolute Gasteiger partial charge is 0.467 e. The Morgan fingerprint density at radius 3 is 2.16 bits per heavy atom. The number of rotatable bonds is 10. The maximum Gasteiger partial charge on any atom is 0.189 e. The lowest BCUT2D eigenvalue weighted by Crippen LogP contribution is -2.04. The van der Waals surface area contributed by atoms with Gasteiger partial charge in [0.1, 0.15) is 11.5 Å². The van der Waals surface area contributed by atoms with Crippen molar-refractivity contribution in [3.05, 3.63) is 58.1 Å². The minimum atomic E-state index is 0.201. The summed E-state index contributed by atoms with van der Waals surface area (Å²) in [5.74, 6) is 1.36. The van der Waals surface area contributed by atoms with Crippen molar-refractivity contribution in [1.29, 1.82) is 0 Å². The van der Waals surface area contributed by atoms with Crippen molar-refractivity contribution in [2.45, 2.75) is 13.8 Å². The van der Waals surface area contributed by atoms with Crippen molar-refractivity contribution in [1.82, 2.24) is 0 Å². The van der Waals surface area contributed by atoms with Gasteiger partial charge in [0.15, 0.2) is 13.6 Å². The van der Waals surface area contributed by atoms with E-state index in [-0.39, 0.29) is 13.6 Å². The second-order valence-electron chi connectivity index (χ2n) is 5.01. The van der Waals surface area contributed by atoms with Crippen molar-refractivity contribution in [3.63, 3.8) is 0 Å². The molecule has 2 aromatic carbocycles. The number of halogens is 1. The van der Waals surface area contributed by atoms with E-state index in [4.69, 9.17) is 18.9 Å². The molecule has 0 fully saturated rings. The molecule has 0 aliphatic heterocycles. The molecule has 0 heterocycles. The van der Waals surface area contributed by atoms with Crippen LogP contribution in [0.2, 0.25) is 0 Å². The van der Waals surface area contributed by atoms with E-state index in [2.05, 4.69) is 22.0 Å². The van der Waals surface area contributed by atoms with E-state index >= 15 is 0 Å². The average molecular weight is 406 g/mol. The zero-order chi connectivity index (χ0) is 17.9. The van der Waals surface area contributed by atoms with Gasteiger partial charge in [0.05, 0.1) is 0 Å². The fourth-order valence-corrected chi connectivity index (χ4v) is 2.38. The summed E-state index contributed by atoms with van der Waals surface area (Å²) in [6.07, 6.45) is 3.97. The Bertz CT molecular complexity index is 657. The number of hydrogen-bond acceptors (Lipinski definition) is 4. The molecule has 2 aromatic rings. The topological polar surface area (TPSA) is 36.9 Å². The van der Waals surface area contributed by atoms with Crippen LogP contribution in [-0.4, -0.2) is 26.8 Å². The highest BCUT2D eigenvalue weighted by atomic mass is 79.9. The monoisotopic (exact) mass is 405 g/mol. The van der Waals surface area contributed by atoms with Gasteiger partial charge in [-0.15, -0.1) is 0 Å². The Morgan fingerprint density at radius 1 is 0.960 bits per heavy atom. The zero-order valence-corrected chi connectivity index (χ0v) is 16.0. The van der Waals surface area contributed by atoms with Gasteiger partial charge in [0.2, 0.25) is 0 Å². The first-order valence-corrected chi connectivity index (χ1v) is 8.92. The molecule has 0 saturated heterocycles. The molecule has 0 aliphatic rings. The molecular formula is C20H22BrO4. The van der Waals surface area contributed by atoms with E-state index in [1.54, 1.807) is 0 Å². The number of hydrogen-bond donors (Lipinski definition) is 0. The van der Waals surface area contributed by atoms with Crippen molar-refractivity contribution in [3.8, 4) is 11.5 Å². The minimum Gasteiger partial charge on any atom is -0.467 e. The lowest BCUT2D eigenvalue weighted by molar-refractivity contribution is 0.0182. The molecule has 0 spiro atoms. The second kappa shape index (κ2) is 10.9. The zero-order valence-electron chi connectivity index (χ0n) is 14.5. The lowest BCUT2D eigenvalue weighted by Gasteiger charge is -2.11. The van der Waals surface area contributed by atoms with E-state index in [9.17, 15) is 0 Å². The molecule has 4 nitrogen and oxygen atoms in total. The quantitative estimate of drug-likeness (QED) is 0.310. The minimum absolute atomic E-state index is 0.201. The molecule has 0 unspecified atom stereocenters. The third-order valence-corrected chi connectivity index (χ3v) is 3.90. The molecule has 2 rings (SSSR count). The normalized spacial score (nSPS) is 11.0. The highest BCUT2D eigenvalue weighted by Gasteiger charge is 2.03. The van der Waals surface area contributed by atoms with Crippen molar-refractivity contribution < 1.29 is 18.9 Å². The van der Waals surface area contributed by atoms with Crippen molar-refractivity contribution >= 4 is 28.1 Å². The molecule has 0 aliphatic carbocycles. The molecule has 0 amide bonds. The van der Waals surface area contributed by atoms with Crippen molar-refractivity contribution in [2.75, 3.05) is 26.8 Å². The molecule has 5 heteroatoms. The predicted octanol–water partition coefficient (Wildman–Crippen LogP) is 5.17. The van der Waals surface area contributed by atoms with E-state index in [0.717, 1.165) is 15.6 Å². The lowest BCUT2D eigenvalue weighted by atomic mass is 10.1. The van der Waals surface area contributed by atoms with Gasteiger partial charge in [-0.2, -0.15) is 0 Å². The van der Waals surface area contributed by atoms with Crippen LogP contribution < -0.4 is 9.47 Å². The Balaban J connectivity index is 2.17. The Hall–Kier alpha value is -1.82. The van der Waals surface area contributed by atoms with Crippen LogP contribution in [0.25, 0.3) is 12.2 Å². The third-order valence-electron chi connectivity index (χ3n) is 3.21. The molecule has 0 atom stereocenters. The van der Waals surface area contributed by atoms with Crippen LogP contribution in [0.1, 0.15) is 25.0 Å². The molecule has 0 bridgehead atoms. The van der Waals surface area contributed by atoms with E-state index < -0.39 is 0 Å². The maximum absolute atomic E-state index is 5.62. The van der Waals surface area contributed by atoms with Crippen molar-refractivity contribution in [2.24, 2.45) is 0 Å². The maximum atomic E-state index is 5.62. The molecule has 25 heavy (non-hydrogen) atoms. The van der Waals surface area contributed by atoms with Gasteiger partial charge in [-0.1, -0.05) is 40.2 Å². The van der Waals surface area contributed by atoms with E-state index in [0.29, 0.717) is 24.7 Å². The van der Waals surface area contributed by atoms with Crippen LogP contribution in [0.3, 0.4) is 0 Å². The molecule has 0 saturated carbocycles. The Morgan fingerprint density at radius 2 is 1.60 bits per heavy atom. The van der Waals surface area contributed by atoms with Gasteiger partial charge in [-0.25, -0.2) is 0 Å². The molecule has 133 valence electrons. The van der Waals surface area contributed by atoms with Crippen LogP contribution in [0, 0.1) is 6.07 Å². The van der Waals surface area contributed by atoms with Gasteiger partial charge < -0.3 is 18.9 Å². The van der Waals surface area contributed by atoms with Crippen LogP contribution in [0.5, 0.6) is 11.5 Å². The first-order valence-electron chi connectivity index (χ1n) is 8.13. The summed E-state index contributed by atoms with van der Waals surface area (Å²) in [4.78, 5) is 0. The van der Waals surface area contributed by atoms with Gasteiger partial charge in [-0.3, -0.25) is 0 Å². The molecular weight excluding hydrogens is 384 g/mol. The highest BCUT2D eigenvalue weighted by molar-refractivity contribution is 9.10. The standard InChI is InChI=1S/C20H22BrO4/c1-3-22-14-24-18-11-16(12-19(13-18)25-15-23-4-2)9-10-17-7-5-6-8-20(17)21/h5-6,8-13H,3-4,14-15H2,1-2H3/b10-9+. The second-order valence-corrected chi connectivity index (χ2v) is 5.87. The van der Waals surface area contributed by atoms with Crippen LogP contribution in [0.15, 0.2) is 40.9 Å². The van der Waals surface area contributed by atoms with E-state index in [1.165, 1.54) is 0 Å². The summed E-state index contributed by atoms with van der Waals surface area (Å²) in [7, 11) is 0. The van der Waals surface area contributed by atoms with Gasteiger partial charge in [0, 0.05) is 23.8 Å². The van der Waals surface area contributed by atoms with Crippen LogP contribution in [0.4, 0.5) is 0 Å². The first-order chi connectivity index (χ1) is 12.2. The van der Waals surface area contributed by atoms with Gasteiger partial charge in [-0.05, 0) is 49.2 Å². The van der Waals surface area contributed by atoms with E-state index in [1.807, 2.05) is 62.4 Å². The van der Waals surface area contributed by atoms with Crippen LogP contribution in [-0.2, 0) is 9.47 Å². The first kappa shape index (κ1) is 19.5. The van der Waals surface area contributed by atoms with Gasteiger partial charge in [0.25, 0.3) is 0 Å². The fourth-order valence-electron chi connectivity index (χ4n) is 1.98. The Kier molecular flexibility index (Phi) is 8.52.